The molecular weight excluding hydrogens is 278 g/mol. The molecule has 0 amide bonds. The lowest BCUT2D eigenvalue weighted by Crippen LogP contribution is -2.28. The minimum atomic E-state index is 0.306. The van der Waals surface area contributed by atoms with Gasteiger partial charge in [-0.05, 0) is 43.6 Å². The first-order valence-electron chi connectivity index (χ1n) is 8.46. The molecule has 120 valence electrons. The average molecular weight is 303 g/mol. The summed E-state index contributed by atoms with van der Waals surface area (Å²) in [5.41, 5.74) is 1.53. The number of aromatic nitrogens is 1. The van der Waals surface area contributed by atoms with Gasteiger partial charge in [0.15, 0.2) is 0 Å². The Morgan fingerprint density at radius 3 is 3.23 bits per heavy atom. The molecule has 0 spiro atoms. The number of piperidine rings is 1. The van der Waals surface area contributed by atoms with E-state index in [-0.39, 0.29) is 0 Å². The molecule has 3 fully saturated rings. The van der Waals surface area contributed by atoms with Crippen LogP contribution in [0.25, 0.3) is 0 Å². The van der Waals surface area contributed by atoms with Crippen molar-refractivity contribution in [1.82, 2.24) is 10.3 Å². The Labute approximate surface area is 131 Å². The van der Waals surface area contributed by atoms with Gasteiger partial charge in [0.1, 0.15) is 12.4 Å². The normalized spacial score (nSPS) is 33.0. The maximum atomic E-state index is 9.24. The monoisotopic (exact) mass is 303 g/mol. The Hall–Kier alpha value is -1.33. The van der Waals surface area contributed by atoms with E-state index in [1.54, 1.807) is 6.20 Å². The molecule has 0 aromatic carbocycles. The molecule has 5 heteroatoms. The van der Waals surface area contributed by atoms with Crippen LogP contribution < -0.4 is 15.0 Å². The van der Waals surface area contributed by atoms with E-state index in [1.807, 2.05) is 6.20 Å². The zero-order valence-corrected chi connectivity index (χ0v) is 13.0. The first kappa shape index (κ1) is 14.3. The number of rotatable bonds is 6. The van der Waals surface area contributed by atoms with Crippen molar-refractivity contribution in [2.75, 3.05) is 37.7 Å². The number of ether oxygens (including phenoxy) is 1. The number of aliphatic hydroxyl groups is 1. The molecule has 0 bridgehead atoms. The number of hydrogen-bond acceptors (Lipinski definition) is 5. The summed E-state index contributed by atoms with van der Waals surface area (Å²) in [6, 6.07) is 2.59. The summed E-state index contributed by atoms with van der Waals surface area (Å²) in [4.78, 5) is 6.75. The zero-order chi connectivity index (χ0) is 15.0. The fourth-order valence-corrected chi connectivity index (χ4v) is 4.15. The molecule has 5 nitrogen and oxygen atoms in total. The van der Waals surface area contributed by atoms with Crippen LogP contribution in [0.3, 0.4) is 0 Å². The van der Waals surface area contributed by atoms with Crippen molar-refractivity contribution in [1.29, 1.82) is 0 Å². The summed E-state index contributed by atoms with van der Waals surface area (Å²) in [5.74, 6) is 1.62. The summed E-state index contributed by atoms with van der Waals surface area (Å²) >= 11 is 0. The Morgan fingerprint density at radius 2 is 2.41 bits per heavy atom. The topological polar surface area (TPSA) is 57.6 Å². The second-order valence-corrected chi connectivity index (χ2v) is 7.10. The lowest BCUT2D eigenvalue weighted by Gasteiger charge is -2.23. The quantitative estimate of drug-likeness (QED) is 0.832. The van der Waals surface area contributed by atoms with E-state index in [0.29, 0.717) is 18.1 Å². The van der Waals surface area contributed by atoms with E-state index in [1.165, 1.54) is 19.3 Å². The molecule has 3 unspecified atom stereocenters. The molecule has 3 aliphatic rings. The van der Waals surface area contributed by atoms with Gasteiger partial charge in [-0.25, -0.2) is 0 Å². The van der Waals surface area contributed by atoms with Gasteiger partial charge in [0, 0.05) is 31.8 Å². The summed E-state index contributed by atoms with van der Waals surface area (Å²) in [6.07, 6.45) is 8.39. The summed E-state index contributed by atoms with van der Waals surface area (Å²) in [7, 11) is 0. The summed E-state index contributed by atoms with van der Waals surface area (Å²) in [5, 5.41) is 12.7. The highest BCUT2D eigenvalue weighted by Gasteiger charge is 2.59. The first-order chi connectivity index (χ1) is 10.8. The minimum Gasteiger partial charge on any atom is -0.490 e. The van der Waals surface area contributed by atoms with E-state index in [4.69, 9.17) is 4.74 Å². The van der Waals surface area contributed by atoms with Gasteiger partial charge in [-0.15, -0.1) is 0 Å². The third-order valence-corrected chi connectivity index (χ3v) is 5.59. The number of nitrogens with one attached hydrogen (secondary N) is 1. The highest BCUT2D eigenvalue weighted by atomic mass is 16.5. The van der Waals surface area contributed by atoms with Crippen LogP contribution in [-0.2, 0) is 0 Å². The lowest BCUT2D eigenvalue weighted by atomic mass is 10.0. The molecule has 2 aliphatic heterocycles. The number of anilines is 1. The van der Waals surface area contributed by atoms with Gasteiger partial charge >= 0.3 is 0 Å². The molecule has 1 aliphatic carbocycles. The van der Waals surface area contributed by atoms with Crippen LogP contribution in [-0.4, -0.2) is 49.0 Å². The second kappa shape index (κ2) is 5.70. The van der Waals surface area contributed by atoms with Gasteiger partial charge < -0.3 is 20.1 Å². The maximum Gasteiger partial charge on any atom is 0.139 e. The van der Waals surface area contributed by atoms with Gasteiger partial charge in [0.05, 0.1) is 18.1 Å². The van der Waals surface area contributed by atoms with Crippen LogP contribution in [0.2, 0.25) is 0 Å². The fourth-order valence-electron chi connectivity index (χ4n) is 4.15. The Morgan fingerprint density at radius 1 is 1.45 bits per heavy atom. The molecule has 1 aromatic rings. The molecule has 22 heavy (non-hydrogen) atoms. The second-order valence-electron chi connectivity index (χ2n) is 7.10. The molecule has 3 heterocycles. The first-order valence-corrected chi connectivity index (χ1v) is 8.46. The van der Waals surface area contributed by atoms with Crippen molar-refractivity contribution in [2.24, 2.45) is 11.3 Å². The van der Waals surface area contributed by atoms with Crippen LogP contribution in [0.1, 0.15) is 25.7 Å². The molecular formula is C17H25N3O2. The van der Waals surface area contributed by atoms with E-state index < -0.39 is 0 Å². The number of fused-ring (bicyclic) bond motifs is 1. The van der Waals surface area contributed by atoms with Crippen molar-refractivity contribution in [3.8, 4) is 5.75 Å². The largest absolute Gasteiger partial charge is 0.490 e. The maximum absolute atomic E-state index is 9.24. The standard InChI is InChI=1S/C17H25N3O2/c21-5-3-17-7-13(17)10-20(12-17)15-6-16(9-18-8-15)22-11-14-2-1-4-19-14/h6,8-9,13-14,19,21H,1-5,7,10-12H2. The van der Waals surface area contributed by atoms with Crippen LogP contribution >= 0.6 is 0 Å². The third-order valence-electron chi connectivity index (χ3n) is 5.59. The third kappa shape index (κ3) is 2.68. The predicted molar refractivity (Wildman–Crippen MR) is 85.2 cm³/mol. The highest BCUT2D eigenvalue weighted by Crippen LogP contribution is 2.60. The van der Waals surface area contributed by atoms with Crippen LogP contribution in [0.4, 0.5) is 5.69 Å². The minimum absolute atomic E-state index is 0.306. The van der Waals surface area contributed by atoms with Gasteiger partial charge in [0.2, 0.25) is 0 Å². The lowest BCUT2D eigenvalue weighted by molar-refractivity contribution is 0.251. The molecule has 2 saturated heterocycles. The summed E-state index contributed by atoms with van der Waals surface area (Å²) in [6.45, 7) is 4.28. The van der Waals surface area contributed by atoms with Crippen molar-refractivity contribution in [3.05, 3.63) is 18.5 Å². The van der Waals surface area contributed by atoms with Crippen LogP contribution in [0, 0.1) is 11.3 Å². The Kier molecular flexibility index (Phi) is 3.70. The molecule has 0 radical (unpaired) electrons. The van der Waals surface area contributed by atoms with Crippen molar-refractivity contribution in [3.63, 3.8) is 0 Å². The molecule has 4 rings (SSSR count). The van der Waals surface area contributed by atoms with Gasteiger partial charge in [0.25, 0.3) is 0 Å². The molecule has 3 atom stereocenters. The van der Waals surface area contributed by atoms with Crippen LogP contribution in [0.5, 0.6) is 5.75 Å². The molecule has 1 saturated carbocycles. The van der Waals surface area contributed by atoms with E-state index >= 15 is 0 Å². The zero-order valence-electron chi connectivity index (χ0n) is 13.0. The van der Waals surface area contributed by atoms with Crippen LogP contribution in [0.15, 0.2) is 18.5 Å². The number of pyridine rings is 1. The Balaban J connectivity index is 1.37. The van der Waals surface area contributed by atoms with Crippen molar-refractivity contribution >= 4 is 5.69 Å². The highest BCUT2D eigenvalue weighted by molar-refractivity contribution is 5.51. The van der Waals surface area contributed by atoms with E-state index in [0.717, 1.165) is 50.0 Å². The van der Waals surface area contributed by atoms with Gasteiger partial charge in [-0.2, -0.15) is 0 Å². The van der Waals surface area contributed by atoms with Gasteiger partial charge in [-0.3, -0.25) is 4.98 Å². The average Bonchev–Trinajstić information content (AvgIpc) is 2.94. The number of hydrogen-bond donors (Lipinski definition) is 2. The number of aliphatic hydroxyl groups excluding tert-OH is 1. The van der Waals surface area contributed by atoms with Crippen molar-refractivity contribution in [2.45, 2.75) is 31.7 Å². The smallest absolute Gasteiger partial charge is 0.139 e. The molecule has 1 aromatic heterocycles. The van der Waals surface area contributed by atoms with E-state index in [9.17, 15) is 5.11 Å². The fraction of sp³-hybridized carbons (Fsp3) is 0.706. The van der Waals surface area contributed by atoms with Crippen molar-refractivity contribution < 1.29 is 9.84 Å². The summed E-state index contributed by atoms with van der Waals surface area (Å²) < 4.78 is 5.91. The SMILES string of the molecule is OCCC12CC1CN(c1cncc(OCC3CCCN3)c1)C2. The predicted octanol–water partition coefficient (Wildman–Crippen LogP) is 1.42. The van der Waals surface area contributed by atoms with E-state index in [2.05, 4.69) is 21.3 Å². The van der Waals surface area contributed by atoms with Gasteiger partial charge in [-0.1, -0.05) is 0 Å². The molecule has 2 N–H and O–H groups in total. The Bertz CT molecular complexity index is 532. The number of nitrogens with zero attached hydrogens (tertiary/aromatic N) is 2.